The van der Waals surface area contributed by atoms with Gasteiger partial charge in [-0.15, -0.1) is 0 Å². The molecule has 7 heteroatoms. The highest BCUT2D eigenvalue weighted by Gasteiger charge is 2.16. The standard InChI is InChI=1S/C13H18BrNO4S/c1-20(16,17)6-2-3-15-9-10-7-11(14)13-12(8-10)18-4-5-19-13/h7-8,15H,2-6,9H2,1H3. The van der Waals surface area contributed by atoms with Crippen LogP contribution in [0.15, 0.2) is 16.6 Å². The fourth-order valence-electron chi connectivity index (χ4n) is 1.96. The van der Waals surface area contributed by atoms with Crippen LogP contribution in [0.4, 0.5) is 0 Å². The first-order valence-electron chi connectivity index (χ1n) is 6.42. The lowest BCUT2D eigenvalue weighted by Crippen LogP contribution is -2.19. The van der Waals surface area contributed by atoms with Gasteiger partial charge in [0.25, 0.3) is 0 Å². The number of hydrogen-bond donors (Lipinski definition) is 1. The van der Waals surface area contributed by atoms with Crippen LogP contribution in [-0.2, 0) is 16.4 Å². The predicted octanol–water partition coefficient (Wildman–Crippen LogP) is 1.74. The van der Waals surface area contributed by atoms with Gasteiger partial charge in [0.1, 0.15) is 23.1 Å². The van der Waals surface area contributed by atoms with Gasteiger partial charge in [-0.3, -0.25) is 0 Å². The molecule has 0 unspecified atom stereocenters. The maximum absolute atomic E-state index is 11.0. The van der Waals surface area contributed by atoms with Crippen LogP contribution in [0.1, 0.15) is 12.0 Å². The Kier molecular flexibility index (Phi) is 5.29. The van der Waals surface area contributed by atoms with Crippen LogP contribution in [0.5, 0.6) is 11.5 Å². The van der Waals surface area contributed by atoms with Crippen molar-refractivity contribution in [2.24, 2.45) is 0 Å². The van der Waals surface area contributed by atoms with E-state index in [1.165, 1.54) is 6.26 Å². The zero-order chi connectivity index (χ0) is 14.6. The number of ether oxygens (including phenoxy) is 2. The molecule has 1 aromatic carbocycles. The van der Waals surface area contributed by atoms with Gasteiger partial charge in [-0.1, -0.05) is 0 Å². The number of benzene rings is 1. The van der Waals surface area contributed by atoms with E-state index in [9.17, 15) is 8.42 Å². The van der Waals surface area contributed by atoms with Crippen LogP contribution >= 0.6 is 15.9 Å². The lowest BCUT2D eigenvalue weighted by Gasteiger charge is -2.20. The van der Waals surface area contributed by atoms with Gasteiger partial charge in [-0.2, -0.15) is 0 Å². The van der Waals surface area contributed by atoms with Crippen LogP contribution in [0.2, 0.25) is 0 Å². The van der Waals surface area contributed by atoms with Crippen LogP contribution in [0, 0.1) is 0 Å². The van der Waals surface area contributed by atoms with E-state index in [1.54, 1.807) is 0 Å². The molecule has 0 saturated heterocycles. The molecular formula is C13H18BrNO4S. The zero-order valence-corrected chi connectivity index (χ0v) is 13.7. The van der Waals surface area contributed by atoms with Crippen molar-refractivity contribution in [3.63, 3.8) is 0 Å². The maximum Gasteiger partial charge on any atom is 0.175 e. The molecule has 1 N–H and O–H groups in total. The lowest BCUT2D eigenvalue weighted by molar-refractivity contribution is 0.170. The van der Waals surface area contributed by atoms with Gasteiger partial charge in [-0.05, 0) is 46.6 Å². The number of sulfone groups is 1. The molecule has 0 aliphatic carbocycles. The van der Waals surface area contributed by atoms with Gasteiger partial charge in [0.2, 0.25) is 0 Å². The van der Waals surface area contributed by atoms with Crippen molar-refractivity contribution in [2.45, 2.75) is 13.0 Å². The molecule has 20 heavy (non-hydrogen) atoms. The van der Waals surface area contributed by atoms with Crippen molar-refractivity contribution in [2.75, 3.05) is 31.8 Å². The predicted molar refractivity (Wildman–Crippen MR) is 81.2 cm³/mol. The molecule has 1 aliphatic heterocycles. The summed E-state index contributed by atoms with van der Waals surface area (Å²) >= 11 is 3.47. The molecule has 0 spiro atoms. The third kappa shape index (κ3) is 4.64. The summed E-state index contributed by atoms with van der Waals surface area (Å²) in [4.78, 5) is 0. The van der Waals surface area contributed by atoms with Crippen molar-refractivity contribution in [1.82, 2.24) is 5.32 Å². The van der Waals surface area contributed by atoms with Crippen molar-refractivity contribution in [1.29, 1.82) is 0 Å². The van der Waals surface area contributed by atoms with Gasteiger partial charge in [0.05, 0.1) is 10.2 Å². The number of hydrogen-bond acceptors (Lipinski definition) is 5. The van der Waals surface area contributed by atoms with E-state index < -0.39 is 9.84 Å². The summed E-state index contributed by atoms with van der Waals surface area (Å²) in [6, 6.07) is 3.93. The van der Waals surface area contributed by atoms with E-state index >= 15 is 0 Å². The van der Waals surface area contributed by atoms with E-state index in [4.69, 9.17) is 9.47 Å². The average Bonchev–Trinajstić information content (AvgIpc) is 2.37. The van der Waals surface area contributed by atoms with Crippen LogP contribution in [-0.4, -0.2) is 40.2 Å². The molecule has 5 nitrogen and oxygen atoms in total. The van der Waals surface area contributed by atoms with Crippen LogP contribution in [0.25, 0.3) is 0 Å². The average molecular weight is 364 g/mol. The highest BCUT2D eigenvalue weighted by Crippen LogP contribution is 2.38. The normalized spacial score (nSPS) is 14.3. The van der Waals surface area contributed by atoms with Crippen molar-refractivity contribution in [3.05, 3.63) is 22.2 Å². The second kappa shape index (κ2) is 6.78. The Morgan fingerprint density at radius 3 is 2.80 bits per heavy atom. The summed E-state index contributed by atoms with van der Waals surface area (Å²) in [6.07, 6.45) is 1.87. The monoisotopic (exact) mass is 363 g/mol. The molecule has 0 fully saturated rings. The SMILES string of the molecule is CS(=O)(=O)CCCNCc1cc(Br)c2c(c1)OCCO2. The molecule has 1 aliphatic rings. The van der Waals surface area contributed by atoms with Crippen molar-refractivity contribution in [3.8, 4) is 11.5 Å². The fraction of sp³-hybridized carbons (Fsp3) is 0.538. The van der Waals surface area contributed by atoms with E-state index in [-0.39, 0.29) is 5.75 Å². The summed E-state index contributed by atoms with van der Waals surface area (Å²) < 4.78 is 34.0. The third-order valence-electron chi connectivity index (χ3n) is 2.85. The van der Waals surface area contributed by atoms with E-state index in [0.29, 0.717) is 32.7 Å². The van der Waals surface area contributed by atoms with Gasteiger partial charge in [-0.25, -0.2) is 8.42 Å². The smallest absolute Gasteiger partial charge is 0.175 e. The first-order chi connectivity index (χ1) is 9.46. The molecule has 1 aromatic rings. The molecule has 0 bridgehead atoms. The first-order valence-corrected chi connectivity index (χ1v) is 9.27. The number of fused-ring (bicyclic) bond motifs is 1. The molecule has 0 amide bonds. The minimum atomic E-state index is -2.87. The summed E-state index contributed by atoms with van der Waals surface area (Å²) in [6.45, 7) is 2.46. The molecule has 1 heterocycles. The highest BCUT2D eigenvalue weighted by atomic mass is 79.9. The first kappa shape index (κ1) is 15.6. The molecule has 112 valence electrons. The number of halogens is 1. The summed E-state index contributed by atoms with van der Waals surface area (Å²) in [5, 5.41) is 3.23. The molecule has 0 aromatic heterocycles. The minimum Gasteiger partial charge on any atom is -0.486 e. The molecule has 0 atom stereocenters. The Labute approximate surface area is 127 Å². The Morgan fingerprint density at radius 2 is 2.05 bits per heavy atom. The quantitative estimate of drug-likeness (QED) is 0.780. The number of nitrogens with one attached hydrogen (secondary N) is 1. The van der Waals surface area contributed by atoms with Gasteiger partial charge in [0, 0.05) is 12.8 Å². The fourth-order valence-corrected chi connectivity index (χ4v) is 3.23. The molecule has 2 rings (SSSR count). The van der Waals surface area contributed by atoms with Gasteiger partial charge in [0.15, 0.2) is 11.5 Å². The largest absolute Gasteiger partial charge is 0.486 e. The molecule has 0 radical (unpaired) electrons. The Balaban J connectivity index is 1.86. The zero-order valence-electron chi connectivity index (χ0n) is 11.3. The topological polar surface area (TPSA) is 64.6 Å². The highest BCUT2D eigenvalue weighted by molar-refractivity contribution is 9.10. The summed E-state index contributed by atoms with van der Waals surface area (Å²) in [7, 11) is -2.87. The second-order valence-corrected chi connectivity index (χ2v) is 7.88. The van der Waals surface area contributed by atoms with Crippen LogP contribution in [0.3, 0.4) is 0 Å². The molecular weight excluding hydrogens is 346 g/mol. The van der Waals surface area contributed by atoms with Crippen molar-refractivity contribution >= 4 is 25.8 Å². The Morgan fingerprint density at radius 1 is 1.30 bits per heavy atom. The third-order valence-corrected chi connectivity index (χ3v) is 4.47. The summed E-state index contributed by atoms with van der Waals surface area (Å²) in [5.74, 6) is 1.71. The van der Waals surface area contributed by atoms with Crippen molar-refractivity contribution < 1.29 is 17.9 Å². The van der Waals surface area contributed by atoms with E-state index in [0.717, 1.165) is 21.5 Å². The van der Waals surface area contributed by atoms with Gasteiger partial charge >= 0.3 is 0 Å². The Bertz CT molecular complexity index is 574. The van der Waals surface area contributed by atoms with E-state index in [1.807, 2.05) is 12.1 Å². The second-order valence-electron chi connectivity index (χ2n) is 4.76. The Hall–Kier alpha value is -0.790. The summed E-state index contributed by atoms with van der Waals surface area (Å²) in [5.41, 5.74) is 1.07. The van der Waals surface area contributed by atoms with Gasteiger partial charge < -0.3 is 14.8 Å². The number of rotatable bonds is 6. The van der Waals surface area contributed by atoms with Crippen LogP contribution < -0.4 is 14.8 Å². The minimum absolute atomic E-state index is 0.213. The molecule has 0 saturated carbocycles. The maximum atomic E-state index is 11.0. The van der Waals surface area contributed by atoms with E-state index in [2.05, 4.69) is 21.2 Å². The lowest BCUT2D eigenvalue weighted by atomic mass is 10.2.